The first-order valence-corrected chi connectivity index (χ1v) is 8.24. The van der Waals surface area contributed by atoms with E-state index >= 15 is 0 Å². The standard InChI is InChI=1S/C19H25NO4/c1-11(2)20(12(3)4)19(22)14(6)23-15-7-8-16-13(5)9-18(21)24-17(16)10-15/h7-12,14H,1-6H3. The maximum Gasteiger partial charge on any atom is 0.336 e. The average Bonchev–Trinajstić information content (AvgIpc) is 2.45. The molecule has 2 rings (SSSR count). The molecular formula is C19H25NO4. The number of nitrogens with zero attached hydrogens (tertiary/aromatic N) is 1. The first kappa shape index (κ1) is 18.0. The number of aryl methyl sites for hydroxylation is 1. The molecule has 5 nitrogen and oxygen atoms in total. The summed E-state index contributed by atoms with van der Waals surface area (Å²) in [6.07, 6.45) is -0.621. The van der Waals surface area contributed by atoms with E-state index in [1.54, 1.807) is 24.0 Å². The lowest BCUT2D eigenvalue weighted by molar-refractivity contribution is -0.141. The fourth-order valence-corrected chi connectivity index (χ4v) is 2.95. The lowest BCUT2D eigenvalue weighted by Gasteiger charge is -2.33. The number of fused-ring (bicyclic) bond motifs is 1. The van der Waals surface area contributed by atoms with Gasteiger partial charge in [-0.1, -0.05) is 0 Å². The van der Waals surface area contributed by atoms with Gasteiger partial charge in [-0.05, 0) is 59.2 Å². The summed E-state index contributed by atoms with van der Waals surface area (Å²) in [4.78, 5) is 25.9. The van der Waals surface area contributed by atoms with Gasteiger partial charge in [0.1, 0.15) is 11.3 Å². The predicted molar refractivity (Wildman–Crippen MR) is 94.4 cm³/mol. The van der Waals surface area contributed by atoms with Crippen molar-refractivity contribution in [3.63, 3.8) is 0 Å². The van der Waals surface area contributed by atoms with Gasteiger partial charge in [0.2, 0.25) is 0 Å². The molecular weight excluding hydrogens is 306 g/mol. The van der Waals surface area contributed by atoms with E-state index in [2.05, 4.69) is 0 Å². The van der Waals surface area contributed by atoms with Gasteiger partial charge in [0.25, 0.3) is 5.91 Å². The number of amides is 1. The fraction of sp³-hybridized carbons (Fsp3) is 0.474. The van der Waals surface area contributed by atoms with Gasteiger partial charge >= 0.3 is 5.63 Å². The van der Waals surface area contributed by atoms with E-state index in [1.807, 2.05) is 40.7 Å². The molecule has 1 atom stereocenters. The van der Waals surface area contributed by atoms with Gasteiger partial charge in [-0.3, -0.25) is 4.79 Å². The predicted octanol–water partition coefficient (Wildman–Crippen LogP) is 3.51. The van der Waals surface area contributed by atoms with Crippen LogP contribution in [0.3, 0.4) is 0 Å². The first-order chi connectivity index (χ1) is 11.2. The van der Waals surface area contributed by atoms with Crippen LogP contribution >= 0.6 is 0 Å². The number of hydrogen-bond acceptors (Lipinski definition) is 4. The van der Waals surface area contributed by atoms with Crippen LogP contribution in [0.25, 0.3) is 11.0 Å². The molecule has 0 radical (unpaired) electrons. The highest BCUT2D eigenvalue weighted by Crippen LogP contribution is 2.23. The molecule has 1 aromatic carbocycles. The molecule has 0 aliphatic heterocycles. The third kappa shape index (κ3) is 3.78. The summed E-state index contributed by atoms with van der Waals surface area (Å²) in [6.45, 7) is 11.5. The molecule has 130 valence electrons. The maximum absolute atomic E-state index is 12.6. The first-order valence-electron chi connectivity index (χ1n) is 8.24. The quantitative estimate of drug-likeness (QED) is 0.787. The van der Waals surface area contributed by atoms with Crippen LogP contribution < -0.4 is 10.4 Å². The van der Waals surface area contributed by atoms with Crippen molar-refractivity contribution in [1.29, 1.82) is 0 Å². The monoisotopic (exact) mass is 331 g/mol. The topological polar surface area (TPSA) is 59.8 Å². The summed E-state index contributed by atoms with van der Waals surface area (Å²) in [7, 11) is 0. The Bertz CT molecular complexity index is 784. The highest BCUT2D eigenvalue weighted by molar-refractivity contribution is 5.83. The van der Waals surface area contributed by atoms with E-state index in [9.17, 15) is 9.59 Å². The Kier molecular flexibility index (Phi) is 5.32. The van der Waals surface area contributed by atoms with Crippen molar-refractivity contribution in [2.45, 2.75) is 59.7 Å². The van der Waals surface area contributed by atoms with Crippen LogP contribution in [0, 0.1) is 6.92 Å². The fourth-order valence-electron chi connectivity index (χ4n) is 2.95. The number of benzene rings is 1. The molecule has 0 fully saturated rings. The second-order valence-electron chi connectivity index (χ2n) is 6.60. The lowest BCUT2D eigenvalue weighted by atomic mass is 10.1. The van der Waals surface area contributed by atoms with Gasteiger partial charge in [0, 0.05) is 29.6 Å². The zero-order valence-corrected chi connectivity index (χ0v) is 15.1. The van der Waals surface area contributed by atoms with Crippen molar-refractivity contribution in [2.24, 2.45) is 0 Å². The molecule has 1 amide bonds. The van der Waals surface area contributed by atoms with Crippen molar-refractivity contribution in [3.8, 4) is 5.75 Å². The normalized spacial score (nSPS) is 12.7. The highest BCUT2D eigenvalue weighted by atomic mass is 16.5. The third-order valence-corrected chi connectivity index (χ3v) is 3.95. The van der Waals surface area contributed by atoms with Crippen molar-refractivity contribution >= 4 is 16.9 Å². The summed E-state index contributed by atoms with van der Waals surface area (Å²) in [6, 6.07) is 6.93. The molecule has 5 heteroatoms. The van der Waals surface area contributed by atoms with E-state index < -0.39 is 11.7 Å². The minimum atomic E-state index is -0.621. The molecule has 1 heterocycles. The highest BCUT2D eigenvalue weighted by Gasteiger charge is 2.26. The smallest absolute Gasteiger partial charge is 0.336 e. The molecule has 24 heavy (non-hydrogen) atoms. The number of hydrogen-bond donors (Lipinski definition) is 0. The largest absolute Gasteiger partial charge is 0.481 e. The van der Waals surface area contributed by atoms with Crippen LogP contribution in [0.15, 0.2) is 33.5 Å². The molecule has 0 aliphatic carbocycles. The Morgan fingerprint density at radius 1 is 1.08 bits per heavy atom. The van der Waals surface area contributed by atoms with Crippen LogP contribution in [0.2, 0.25) is 0 Å². The molecule has 1 aromatic heterocycles. The maximum atomic E-state index is 12.6. The van der Waals surface area contributed by atoms with Crippen LogP contribution in [0.1, 0.15) is 40.2 Å². The molecule has 0 N–H and O–H groups in total. The molecule has 0 spiro atoms. The molecule has 2 aromatic rings. The van der Waals surface area contributed by atoms with Gasteiger partial charge in [-0.2, -0.15) is 0 Å². The van der Waals surface area contributed by atoms with Crippen molar-refractivity contribution in [1.82, 2.24) is 4.90 Å². The Balaban J connectivity index is 2.25. The van der Waals surface area contributed by atoms with E-state index in [1.165, 1.54) is 6.07 Å². The Hall–Kier alpha value is -2.30. The molecule has 0 bridgehead atoms. The second-order valence-corrected chi connectivity index (χ2v) is 6.60. The van der Waals surface area contributed by atoms with Crippen molar-refractivity contribution in [3.05, 3.63) is 40.2 Å². The summed E-state index contributed by atoms with van der Waals surface area (Å²) >= 11 is 0. The summed E-state index contributed by atoms with van der Waals surface area (Å²) in [5.41, 5.74) is 0.913. The molecule has 0 saturated heterocycles. The van der Waals surface area contributed by atoms with Crippen LogP contribution in [-0.4, -0.2) is 29.0 Å². The molecule has 1 unspecified atom stereocenters. The van der Waals surface area contributed by atoms with Gasteiger partial charge < -0.3 is 14.1 Å². The Labute approximate surface area is 142 Å². The van der Waals surface area contributed by atoms with Crippen LogP contribution in [0.4, 0.5) is 0 Å². The SMILES string of the molecule is Cc1cc(=O)oc2cc(OC(C)C(=O)N(C(C)C)C(C)C)ccc12. The number of carbonyl (C=O) groups excluding carboxylic acids is 1. The minimum Gasteiger partial charge on any atom is -0.481 e. The van der Waals surface area contributed by atoms with Gasteiger partial charge in [0.05, 0.1) is 0 Å². The van der Waals surface area contributed by atoms with Crippen molar-refractivity contribution in [2.75, 3.05) is 0 Å². The zero-order chi connectivity index (χ0) is 18.0. The third-order valence-electron chi connectivity index (χ3n) is 3.95. The van der Waals surface area contributed by atoms with E-state index in [-0.39, 0.29) is 18.0 Å². The lowest BCUT2D eigenvalue weighted by Crippen LogP contribution is -2.47. The van der Waals surface area contributed by atoms with E-state index in [0.29, 0.717) is 11.3 Å². The molecule has 0 saturated carbocycles. The van der Waals surface area contributed by atoms with Gasteiger partial charge in [-0.25, -0.2) is 4.79 Å². The average molecular weight is 331 g/mol. The van der Waals surface area contributed by atoms with Gasteiger partial charge in [0.15, 0.2) is 6.10 Å². The van der Waals surface area contributed by atoms with Crippen LogP contribution in [0.5, 0.6) is 5.75 Å². The zero-order valence-electron chi connectivity index (χ0n) is 15.1. The van der Waals surface area contributed by atoms with E-state index in [0.717, 1.165) is 10.9 Å². The Morgan fingerprint density at radius 2 is 1.71 bits per heavy atom. The summed E-state index contributed by atoms with van der Waals surface area (Å²) < 4.78 is 11.0. The van der Waals surface area contributed by atoms with Crippen LogP contribution in [-0.2, 0) is 4.79 Å². The minimum absolute atomic E-state index is 0.0641. The number of carbonyl (C=O) groups is 1. The van der Waals surface area contributed by atoms with Gasteiger partial charge in [-0.15, -0.1) is 0 Å². The number of rotatable bonds is 5. The summed E-state index contributed by atoms with van der Waals surface area (Å²) in [5, 5.41) is 0.854. The molecule has 0 aliphatic rings. The number of ether oxygens (including phenoxy) is 1. The van der Waals surface area contributed by atoms with Crippen molar-refractivity contribution < 1.29 is 13.9 Å². The Morgan fingerprint density at radius 3 is 2.29 bits per heavy atom. The van der Waals surface area contributed by atoms with E-state index in [4.69, 9.17) is 9.15 Å². The second kappa shape index (κ2) is 7.07. The summed E-state index contributed by atoms with van der Waals surface area (Å²) in [5.74, 6) is 0.440.